The molecule has 1 aromatic heterocycles. The molecule has 2 aromatic carbocycles. The number of ether oxygens (including phenoxy) is 1. The zero-order valence-electron chi connectivity index (χ0n) is 17.2. The predicted octanol–water partition coefficient (Wildman–Crippen LogP) is 2.88. The van der Waals surface area contributed by atoms with Crippen LogP contribution in [0.2, 0.25) is 5.02 Å². The number of nitrogens with zero attached hydrogens (tertiary/aromatic N) is 6. The van der Waals surface area contributed by atoms with E-state index in [0.717, 1.165) is 49.1 Å². The fourth-order valence-electron chi connectivity index (χ4n) is 3.96. The van der Waals surface area contributed by atoms with Gasteiger partial charge in [-0.3, -0.25) is 9.80 Å². The van der Waals surface area contributed by atoms with E-state index < -0.39 is 0 Å². The predicted molar refractivity (Wildman–Crippen MR) is 116 cm³/mol. The third-order valence-corrected chi connectivity index (χ3v) is 5.88. The third-order valence-electron chi connectivity index (χ3n) is 5.53. The Balaban J connectivity index is 1.54. The summed E-state index contributed by atoms with van der Waals surface area (Å²) in [4.78, 5) is 4.92. The third kappa shape index (κ3) is 4.87. The van der Waals surface area contributed by atoms with E-state index in [1.54, 1.807) is 7.11 Å². The van der Waals surface area contributed by atoms with Crippen LogP contribution in [0.3, 0.4) is 0 Å². The quantitative estimate of drug-likeness (QED) is 0.552. The Bertz CT molecular complexity index is 926. The summed E-state index contributed by atoms with van der Waals surface area (Å²) < 4.78 is 7.06. The Morgan fingerprint density at radius 1 is 1.00 bits per heavy atom. The van der Waals surface area contributed by atoms with Crippen LogP contribution >= 0.6 is 11.6 Å². The molecular formula is C22H27ClN6O. The highest BCUT2D eigenvalue weighted by Gasteiger charge is 2.31. The number of benzene rings is 2. The van der Waals surface area contributed by atoms with Gasteiger partial charge in [0.1, 0.15) is 0 Å². The molecule has 0 unspecified atom stereocenters. The van der Waals surface area contributed by atoms with Crippen molar-refractivity contribution < 1.29 is 4.74 Å². The van der Waals surface area contributed by atoms with Gasteiger partial charge in [-0.05, 0) is 27.6 Å². The van der Waals surface area contributed by atoms with Gasteiger partial charge >= 0.3 is 0 Å². The van der Waals surface area contributed by atoms with Crippen molar-refractivity contribution in [1.82, 2.24) is 30.0 Å². The normalized spacial score (nSPS) is 16.6. The Kier molecular flexibility index (Phi) is 7.07. The lowest BCUT2D eigenvalue weighted by atomic mass is 10.0. The first-order valence-electron chi connectivity index (χ1n) is 10.3. The number of halogens is 1. The van der Waals surface area contributed by atoms with Crippen LogP contribution in [-0.2, 0) is 17.8 Å². The second-order valence-electron chi connectivity index (χ2n) is 7.47. The molecule has 1 saturated heterocycles. The molecule has 0 spiro atoms. The van der Waals surface area contributed by atoms with Crippen molar-refractivity contribution in [3.8, 4) is 0 Å². The van der Waals surface area contributed by atoms with Crippen molar-refractivity contribution in [1.29, 1.82) is 0 Å². The average molecular weight is 427 g/mol. The number of rotatable bonds is 8. The van der Waals surface area contributed by atoms with Gasteiger partial charge in [0.05, 0.1) is 19.2 Å². The van der Waals surface area contributed by atoms with E-state index in [9.17, 15) is 0 Å². The molecule has 1 aliphatic heterocycles. The van der Waals surface area contributed by atoms with Gasteiger partial charge < -0.3 is 4.74 Å². The lowest BCUT2D eigenvalue weighted by Crippen LogP contribution is -2.48. The van der Waals surface area contributed by atoms with E-state index in [-0.39, 0.29) is 6.04 Å². The van der Waals surface area contributed by atoms with Gasteiger partial charge in [-0.15, -0.1) is 5.10 Å². The molecule has 4 rings (SSSR count). The molecule has 30 heavy (non-hydrogen) atoms. The van der Waals surface area contributed by atoms with Crippen LogP contribution in [0.15, 0.2) is 54.6 Å². The first-order valence-corrected chi connectivity index (χ1v) is 10.6. The molecule has 8 heteroatoms. The molecule has 1 atom stereocenters. The molecule has 7 nitrogen and oxygen atoms in total. The first-order chi connectivity index (χ1) is 14.8. The van der Waals surface area contributed by atoms with Crippen molar-refractivity contribution in [2.24, 2.45) is 0 Å². The largest absolute Gasteiger partial charge is 0.383 e. The second kappa shape index (κ2) is 10.1. The van der Waals surface area contributed by atoms with Crippen LogP contribution in [0, 0.1) is 0 Å². The summed E-state index contributed by atoms with van der Waals surface area (Å²) in [6.07, 6.45) is 0. The van der Waals surface area contributed by atoms with Crippen LogP contribution in [0.5, 0.6) is 0 Å². The summed E-state index contributed by atoms with van der Waals surface area (Å²) in [5.74, 6) is 0.802. The smallest absolute Gasteiger partial charge is 0.173 e. The van der Waals surface area contributed by atoms with Gasteiger partial charge in [0.25, 0.3) is 0 Å². The van der Waals surface area contributed by atoms with Gasteiger partial charge in [0.15, 0.2) is 5.82 Å². The molecule has 2 heterocycles. The topological polar surface area (TPSA) is 59.3 Å². The lowest BCUT2D eigenvalue weighted by Gasteiger charge is -2.39. The summed E-state index contributed by atoms with van der Waals surface area (Å²) in [5, 5.41) is 13.2. The van der Waals surface area contributed by atoms with Crippen LogP contribution in [0.4, 0.5) is 0 Å². The fourth-order valence-corrected chi connectivity index (χ4v) is 4.20. The number of piperazine rings is 1. The maximum absolute atomic E-state index is 6.61. The van der Waals surface area contributed by atoms with Crippen LogP contribution < -0.4 is 0 Å². The Morgan fingerprint density at radius 2 is 1.73 bits per heavy atom. The van der Waals surface area contributed by atoms with E-state index >= 15 is 0 Å². The molecule has 158 valence electrons. The number of aromatic nitrogens is 4. The van der Waals surface area contributed by atoms with Crippen molar-refractivity contribution in [3.63, 3.8) is 0 Å². The maximum atomic E-state index is 6.61. The first kappa shape index (κ1) is 20.9. The fraction of sp³-hybridized carbons (Fsp3) is 0.409. The van der Waals surface area contributed by atoms with Crippen LogP contribution in [0.25, 0.3) is 0 Å². The Hall–Kier alpha value is -2.32. The highest BCUT2D eigenvalue weighted by Crippen LogP contribution is 2.32. The second-order valence-corrected chi connectivity index (χ2v) is 7.88. The van der Waals surface area contributed by atoms with E-state index in [0.29, 0.717) is 13.2 Å². The van der Waals surface area contributed by atoms with Crippen molar-refractivity contribution in [2.45, 2.75) is 19.1 Å². The molecular weight excluding hydrogens is 400 g/mol. The summed E-state index contributed by atoms with van der Waals surface area (Å²) in [6.45, 7) is 5.92. The molecule has 0 aliphatic carbocycles. The van der Waals surface area contributed by atoms with Crippen LogP contribution in [-0.4, -0.2) is 69.9 Å². The SMILES string of the molecule is COCCn1nnnc1[C@H](c1ccccc1Cl)N1CCN(Cc2ccccc2)CC1. The maximum Gasteiger partial charge on any atom is 0.173 e. The average Bonchev–Trinajstić information content (AvgIpc) is 3.24. The van der Waals surface area contributed by atoms with E-state index in [1.807, 2.05) is 22.9 Å². The van der Waals surface area contributed by atoms with E-state index in [1.165, 1.54) is 5.56 Å². The number of hydrogen-bond donors (Lipinski definition) is 0. The van der Waals surface area contributed by atoms with Gasteiger partial charge in [-0.2, -0.15) is 0 Å². The Labute approximate surface area is 182 Å². The summed E-state index contributed by atoms with van der Waals surface area (Å²) in [7, 11) is 1.68. The number of hydrogen-bond acceptors (Lipinski definition) is 6. The molecule has 3 aromatic rings. The van der Waals surface area contributed by atoms with Gasteiger partial charge in [0, 0.05) is 44.9 Å². The molecule has 0 bridgehead atoms. The van der Waals surface area contributed by atoms with Crippen molar-refractivity contribution in [2.75, 3.05) is 39.9 Å². The number of tetrazole rings is 1. The molecule has 0 radical (unpaired) electrons. The molecule has 0 N–H and O–H groups in total. The molecule has 1 aliphatic rings. The highest BCUT2D eigenvalue weighted by molar-refractivity contribution is 6.31. The van der Waals surface area contributed by atoms with Crippen molar-refractivity contribution >= 4 is 11.6 Å². The summed E-state index contributed by atoms with van der Waals surface area (Å²) >= 11 is 6.61. The minimum Gasteiger partial charge on any atom is -0.383 e. The molecule has 1 fully saturated rings. The highest BCUT2D eigenvalue weighted by atomic mass is 35.5. The minimum absolute atomic E-state index is 0.0931. The summed E-state index contributed by atoms with van der Waals surface area (Å²) in [5.41, 5.74) is 2.38. The van der Waals surface area contributed by atoms with Gasteiger partial charge in [0.2, 0.25) is 0 Å². The number of methoxy groups -OCH3 is 1. The minimum atomic E-state index is -0.0931. The summed E-state index contributed by atoms with van der Waals surface area (Å²) in [6, 6.07) is 18.5. The zero-order chi connectivity index (χ0) is 20.8. The monoisotopic (exact) mass is 426 g/mol. The lowest BCUT2D eigenvalue weighted by molar-refractivity contribution is 0.0989. The van der Waals surface area contributed by atoms with Crippen LogP contribution in [0.1, 0.15) is 23.0 Å². The van der Waals surface area contributed by atoms with E-state index in [2.05, 4.69) is 61.7 Å². The standard InChI is InChI=1S/C22H27ClN6O/c1-30-16-15-29-22(24-25-26-29)21(19-9-5-6-10-20(19)23)28-13-11-27(12-14-28)17-18-7-3-2-4-8-18/h2-10,21H,11-17H2,1H3/t21-/m0/s1. The molecule has 0 saturated carbocycles. The zero-order valence-corrected chi connectivity index (χ0v) is 17.9. The van der Waals surface area contributed by atoms with E-state index in [4.69, 9.17) is 16.3 Å². The Morgan fingerprint density at radius 3 is 2.47 bits per heavy atom. The molecule has 0 amide bonds. The van der Waals surface area contributed by atoms with Crippen molar-refractivity contribution in [3.05, 3.63) is 76.6 Å². The van der Waals surface area contributed by atoms with Gasteiger partial charge in [-0.1, -0.05) is 60.1 Å². The van der Waals surface area contributed by atoms with Gasteiger partial charge in [-0.25, -0.2) is 4.68 Å².